The maximum absolute atomic E-state index is 11.1. The summed E-state index contributed by atoms with van der Waals surface area (Å²) in [6.45, 7) is 1.39. The van der Waals surface area contributed by atoms with Crippen LogP contribution in [0.2, 0.25) is 0 Å². The molecule has 0 bridgehead atoms. The quantitative estimate of drug-likeness (QED) is 0.659. The third-order valence-electron chi connectivity index (χ3n) is 2.97. The number of aliphatic hydroxyl groups is 1. The van der Waals surface area contributed by atoms with Gasteiger partial charge in [-0.2, -0.15) is 0 Å². The van der Waals surface area contributed by atoms with Gasteiger partial charge < -0.3 is 20.5 Å². The maximum Gasteiger partial charge on any atom is 0.148 e. The molecule has 7 heteroatoms. The summed E-state index contributed by atoms with van der Waals surface area (Å²) in [6.07, 6.45) is 0.523. The van der Waals surface area contributed by atoms with Crippen molar-refractivity contribution in [2.24, 2.45) is 5.73 Å². The lowest BCUT2D eigenvalue weighted by Gasteiger charge is -2.20. The number of nitrogens with zero attached hydrogens (tertiary/aromatic N) is 1. The van der Waals surface area contributed by atoms with Crippen molar-refractivity contribution in [1.82, 2.24) is 4.90 Å². The maximum atomic E-state index is 11.1. The van der Waals surface area contributed by atoms with Crippen LogP contribution in [-0.4, -0.2) is 63.3 Å². The number of hydrogen-bond acceptors (Lipinski definition) is 6. The fourth-order valence-electron chi connectivity index (χ4n) is 1.74. The van der Waals surface area contributed by atoms with Gasteiger partial charge in [0.15, 0.2) is 0 Å². The van der Waals surface area contributed by atoms with E-state index in [0.717, 1.165) is 5.56 Å². The molecule has 0 amide bonds. The van der Waals surface area contributed by atoms with Crippen LogP contribution in [-0.2, 0) is 16.4 Å². The topological polar surface area (TPSA) is 92.9 Å². The van der Waals surface area contributed by atoms with Crippen LogP contribution in [0.25, 0.3) is 0 Å². The van der Waals surface area contributed by atoms with Gasteiger partial charge in [-0.1, -0.05) is 12.1 Å². The Balaban J connectivity index is 2.31. The Morgan fingerprint density at radius 1 is 1.33 bits per heavy atom. The molecule has 1 rings (SSSR count). The van der Waals surface area contributed by atoms with Gasteiger partial charge in [0.1, 0.15) is 28.3 Å². The van der Waals surface area contributed by atoms with Gasteiger partial charge in [-0.05, 0) is 24.7 Å². The number of benzene rings is 1. The summed E-state index contributed by atoms with van der Waals surface area (Å²) in [5.41, 5.74) is 6.52. The summed E-state index contributed by atoms with van der Waals surface area (Å²) in [5.74, 6) is 0.752. The average Bonchev–Trinajstić information content (AvgIpc) is 2.43. The molecule has 0 aliphatic carbocycles. The Labute approximate surface area is 126 Å². The van der Waals surface area contributed by atoms with Crippen LogP contribution in [0.3, 0.4) is 0 Å². The van der Waals surface area contributed by atoms with Gasteiger partial charge in [0.2, 0.25) is 0 Å². The molecule has 0 fully saturated rings. The van der Waals surface area contributed by atoms with E-state index in [-0.39, 0.29) is 12.4 Å². The number of nitrogens with two attached hydrogens (primary N) is 1. The Hall–Kier alpha value is -1.15. The molecule has 21 heavy (non-hydrogen) atoms. The second kappa shape index (κ2) is 8.33. The van der Waals surface area contributed by atoms with Gasteiger partial charge in [0.05, 0.1) is 5.75 Å². The Bertz CT molecular complexity index is 516. The van der Waals surface area contributed by atoms with E-state index in [1.54, 1.807) is 11.9 Å². The number of sulfone groups is 1. The average molecular weight is 316 g/mol. The zero-order chi connectivity index (χ0) is 15.9. The van der Waals surface area contributed by atoms with Crippen LogP contribution in [0, 0.1) is 0 Å². The lowest BCUT2D eigenvalue weighted by Crippen LogP contribution is -2.35. The number of ether oxygens (including phenoxy) is 1. The van der Waals surface area contributed by atoms with Crippen LogP contribution >= 0.6 is 0 Å². The van der Waals surface area contributed by atoms with Gasteiger partial charge in [-0.15, -0.1) is 0 Å². The van der Waals surface area contributed by atoms with Crippen molar-refractivity contribution in [2.45, 2.75) is 12.6 Å². The molecular formula is C14H24N2O4S. The van der Waals surface area contributed by atoms with Gasteiger partial charge in [0.25, 0.3) is 0 Å². The molecule has 0 aromatic heterocycles. The molecule has 120 valence electrons. The first-order chi connectivity index (χ1) is 9.80. The minimum Gasteiger partial charge on any atom is -0.491 e. The number of hydrogen-bond donors (Lipinski definition) is 2. The van der Waals surface area contributed by atoms with Crippen molar-refractivity contribution in [3.63, 3.8) is 0 Å². The monoisotopic (exact) mass is 316 g/mol. The van der Waals surface area contributed by atoms with Crippen molar-refractivity contribution in [3.05, 3.63) is 29.8 Å². The lowest BCUT2D eigenvalue weighted by molar-refractivity contribution is 0.0780. The molecular weight excluding hydrogens is 292 g/mol. The normalized spacial score (nSPS) is 13.4. The summed E-state index contributed by atoms with van der Waals surface area (Å²) in [6, 6.07) is 7.37. The Kier molecular flexibility index (Phi) is 7.10. The first-order valence-electron chi connectivity index (χ1n) is 6.76. The largest absolute Gasteiger partial charge is 0.491 e. The standard InChI is InChI=1S/C14H24N2O4S/c1-16(7-8-21(2,18)19)10-13(17)11-20-14-5-3-12(9-15)4-6-14/h3-6,13,17H,7-11,15H2,1-2H3. The van der Waals surface area contributed by atoms with Crippen molar-refractivity contribution in [2.75, 3.05) is 38.8 Å². The number of likely N-dealkylation sites (N-methyl/N-ethyl adjacent to an activating group) is 1. The highest BCUT2D eigenvalue weighted by Crippen LogP contribution is 2.12. The second-order valence-corrected chi connectivity index (χ2v) is 7.46. The van der Waals surface area contributed by atoms with Crippen LogP contribution in [0.5, 0.6) is 5.75 Å². The SMILES string of the molecule is CN(CCS(C)(=O)=O)CC(O)COc1ccc(CN)cc1. The highest BCUT2D eigenvalue weighted by atomic mass is 32.2. The highest BCUT2D eigenvalue weighted by molar-refractivity contribution is 7.90. The molecule has 1 unspecified atom stereocenters. The molecule has 1 aromatic carbocycles. The molecule has 0 saturated heterocycles. The van der Waals surface area contributed by atoms with Gasteiger partial charge >= 0.3 is 0 Å². The van der Waals surface area contributed by atoms with E-state index in [0.29, 0.717) is 25.4 Å². The summed E-state index contributed by atoms with van der Waals surface area (Å²) >= 11 is 0. The molecule has 0 radical (unpaired) electrons. The third kappa shape index (κ3) is 8.01. The fourth-order valence-corrected chi connectivity index (χ4v) is 2.38. The number of rotatable bonds is 9. The zero-order valence-corrected chi connectivity index (χ0v) is 13.3. The lowest BCUT2D eigenvalue weighted by atomic mass is 10.2. The smallest absolute Gasteiger partial charge is 0.148 e. The summed E-state index contributed by atoms with van der Waals surface area (Å²) in [5, 5.41) is 9.87. The van der Waals surface area contributed by atoms with E-state index in [9.17, 15) is 13.5 Å². The van der Waals surface area contributed by atoms with Crippen LogP contribution in [0.1, 0.15) is 5.56 Å². The fraction of sp³-hybridized carbons (Fsp3) is 0.571. The van der Waals surface area contributed by atoms with E-state index in [1.165, 1.54) is 6.26 Å². The molecule has 0 saturated carbocycles. The minimum atomic E-state index is -2.98. The van der Waals surface area contributed by atoms with Crippen LogP contribution in [0.15, 0.2) is 24.3 Å². The van der Waals surface area contributed by atoms with Crippen molar-refractivity contribution < 1.29 is 18.3 Å². The van der Waals surface area contributed by atoms with E-state index in [1.807, 2.05) is 24.3 Å². The van der Waals surface area contributed by atoms with Crippen molar-refractivity contribution in [3.8, 4) is 5.75 Å². The van der Waals surface area contributed by atoms with E-state index < -0.39 is 15.9 Å². The van der Waals surface area contributed by atoms with Gasteiger partial charge in [-0.3, -0.25) is 0 Å². The molecule has 0 spiro atoms. The minimum absolute atomic E-state index is 0.0810. The van der Waals surface area contributed by atoms with Gasteiger partial charge in [0, 0.05) is 25.9 Å². The highest BCUT2D eigenvalue weighted by Gasteiger charge is 2.11. The summed E-state index contributed by atoms with van der Waals surface area (Å²) in [4.78, 5) is 1.77. The number of aliphatic hydroxyl groups excluding tert-OH is 1. The molecule has 0 aliphatic heterocycles. The van der Waals surface area contributed by atoms with Gasteiger partial charge in [-0.25, -0.2) is 8.42 Å². The van der Waals surface area contributed by atoms with E-state index in [2.05, 4.69) is 0 Å². The molecule has 0 heterocycles. The third-order valence-corrected chi connectivity index (χ3v) is 3.89. The van der Waals surface area contributed by atoms with E-state index >= 15 is 0 Å². The summed E-state index contributed by atoms with van der Waals surface area (Å²) < 4.78 is 27.6. The predicted molar refractivity (Wildman–Crippen MR) is 83.0 cm³/mol. The van der Waals surface area contributed by atoms with E-state index in [4.69, 9.17) is 10.5 Å². The first-order valence-corrected chi connectivity index (χ1v) is 8.82. The second-order valence-electron chi connectivity index (χ2n) is 5.21. The molecule has 3 N–H and O–H groups in total. The summed E-state index contributed by atoms with van der Waals surface area (Å²) in [7, 11) is -1.21. The molecule has 6 nitrogen and oxygen atoms in total. The Morgan fingerprint density at radius 3 is 2.48 bits per heavy atom. The van der Waals surface area contributed by atoms with Crippen molar-refractivity contribution >= 4 is 9.84 Å². The molecule has 0 aliphatic rings. The molecule has 1 aromatic rings. The Morgan fingerprint density at radius 2 is 1.95 bits per heavy atom. The van der Waals surface area contributed by atoms with Crippen LogP contribution < -0.4 is 10.5 Å². The predicted octanol–water partition coefficient (Wildman–Crippen LogP) is -0.139. The zero-order valence-electron chi connectivity index (χ0n) is 12.5. The first kappa shape index (κ1) is 17.9. The molecule has 1 atom stereocenters. The van der Waals surface area contributed by atoms with Crippen molar-refractivity contribution in [1.29, 1.82) is 0 Å². The van der Waals surface area contributed by atoms with Crippen LogP contribution in [0.4, 0.5) is 0 Å².